The molecule has 6 heteroatoms. The molecule has 0 bridgehead atoms. The number of para-hydroxylation sites is 2. The Kier molecular flexibility index (Phi) is 4.05. The number of methoxy groups -OCH3 is 1. The molecule has 0 atom stereocenters. The summed E-state index contributed by atoms with van der Waals surface area (Å²) in [5.74, 6) is 1.78. The summed E-state index contributed by atoms with van der Waals surface area (Å²) >= 11 is 0. The summed E-state index contributed by atoms with van der Waals surface area (Å²) in [6, 6.07) is 14.4. The number of amides is 1. The first-order valence-corrected chi connectivity index (χ1v) is 7.11. The van der Waals surface area contributed by atoms with Crippen molar-refractivity contribution in [3.8, 4) is 17.1 Å². The molecule has 23 heavy (non-hydrogen) atoms. The Morgan fingerprint density at radius 3 is 2.52 bits per heavy atom. The monoisotopic (exact) mass is 308 g/mol. The molecule has 0 fully saturated rings. The number of hydrogen-bond donors (Lipinski definition) is 2. The van der Waals surface area contributed by atoms with Crippen LogP contribution < -0.4 is 10.1 Å². The summed E-state index contributed by atoms with van der Waals surface area (Å²) < 4.78 is 5.23. The summed E-state index contributed by atoms with van der Waals surface area (Å²) in [7, 11) is 1.57. The second kappa shape index (κ2) is 6.31. The van der Waals surface area contributed by atoms with E-state index in [-0.39, 0.29) is 5.91 Å². The molecule has 3 rings (SSSR count). The molecule has 0 aliphatic heterocycles. The average molecular weight is 308 g/mol. The lowest BCUT2D eigenvalue weighted by atomic mass is 10.1. The molecule has 1 amide bonds. The van der Waals surface area contributed by atoms with Crippen LogP contribution in [-0.4, -0.2) is 28.2 Å². The van der Waals surface area contributed by atoms with E-state index in [0.29, 0.717) is 22.8 Å². The molecule has 6 nitrogen and oxygen atoms in total. The van der Waals surface area contributed by atoms with Gasteiger partial charge in [-0.25, -0.2) is 4.98 Å². The summed E-state index contributed by atoms with van der Waals surface area (Å²) in [6.45, 7) is 1.84. The number of anilines is 1. The number of ether oxygens (including phenoxy) is 1. The van der Waals surface area contributed by atoms with Gasteiger partial charge in [-0.3, -0.25) is 9.89 Å². The molecule has 2 aromatic carbocycles. The standard InChI is InChI=1S/C17H16N4O2/c1-11-18-16(21-20-11)12-7-9-13(10-8-12)17(22)19-14-5-3-4-6-15(14)23-2/h3-10H,1-2H3,(H,19,22)(H,18,20,21). The molecule has 2 N–H and O–H groups in total. The third-order valence-corrected chi connectivity index (χ3v) is 3.36. The molecule has 0 aliphatic carbocycles. The fourth-order valence-electron chi connectivity index (χ4n) is 2.18. The zero-order valence-corrected chi connectivity index (χ0v) is 12.8. The minimum atomic E-state index is -0.202. The van der Waals surface area contributed by atoms with Gasteiger partial charge in [-0.05, 0) is 31.2 Å². The van der Waals surface area contributed by atoms with Gasteiger partial charge in [-0.2, -0.15) is 5.10 Å². The number of rotatable bonds is 4. The van der Waals surface area contributed by atoms with Crippen molar-refractivity contribution in [2.45, 2.75) is 6.92 Å². The second-order valence-corrected chi connectivity index (χ2v) is 4.98. The van der Waals surface area contributed by atoms with Crippen LogP contribution in [0.15, 0.2) is 48.5 Å². The van der Waals surface area contributed by atoms with E-state index in [2.05, 4.69) is 20.5 Å². The normalized spacial score (nSPS) is 10.3. The van der Waals surface area contributed by atoms with Gasteiger partial charge >= 0.3 is 0 Å². The Labute approximate surface area is 133 Å². The van der Waals surface area contributed by atoms with E-state index in [4.69, 9.17) is 4.74 Å². The highest BCUT2D eigenvalue weighted by atomic mass is 16.5. The van der Waals surface area contributed by atoms with Crippen molar-refractivity contribution in [3.05, 3.63) is 59.9 Å². The number of aromatic amines is 1. The number of benzene rings is 2. The van der Waals surface area contributed by atoms with Gasteiger partial charge in [0.15, 0.2) is 5.82 Å². The van der Waals surface area contributed by atoms with Crippen LogP contribution in [0, 0.1) is 6.92 Å². The molecule has 116 valence electrons. The topological polar surface area (TPSA) is 79.9 Å². The zero-order valence-electron chi connectivity index (χ0n) is 12.8. The van der Waals surface area contributed by atoms with Crippen molar-refractivity contribution in [2.24, 2.45) is 0 Å². The molecule has 0 aliphatic rings. The van der Waals surface area contributed by atoms with E-state index < -0.39 is 0 Å². The van der Waals surface area contributed by atoms with Crippen molar-refractivity contribution in [1.82, 2.24) is 15.2 Å². The van der Waals surface area contributed by atoms with Crippen LogP contribution in [0.4, 0.5) is 5.69 Å². The van der Waals surface area contributed by atoms with Gasteiger partial charge in [0, 0.05) is 11.1 Å². The minimum absolute atomic E-state index is 0.202. The zero-order chi connectivity index (χ0) is 16.2. The minimum Gasteiger partial charge on any atom is -0.495 e. The van der Waals surface area contributed by atoms with Gasteiger partial charge in [-0.1, -0.05) is 24.3 Å². The van der Waals surface area contributed by atoms with Crippen LogP contribution in [0.25, 0.3) is 11.4 Å². The third kappa shape index (κ3) is 3.21. The first-order valence-electron chi connectivity index (χ1n) is 7.11. The highest BCUT2D eigenvalue weighted by Gasteiger charge is 2.10. The van der Waals surface area contributed by atoms with Crippen LogP contribution >= 0.6 is 0 Å². The van der Waals surface area contributed by atoms with E-state index in [1.165, 1.54) is 0 Å². The SMILES string of the molecule is COc1ccccc1NC(=O)c1ccc(-c2n[nH]c(C)n2)cc1. The highest BCUT2D eigenvalue weighted by molar-refractivity contribution is 6.05. The lowest BCUT2D eigenvalue weighted by Gasteiger charge is -2.09. The molecular formula is C17H16N4O2. The van der Waals surface area contributed by atoms with Crippen LogP contribution in [0.5, 0.6) is 5.75 Å². The quantitative estimate of drug-likeness (QED) is 0.776. The van der Waals surface area contributed by atoms with Gasteiger partial charge in [0.25, 0.3) is 5.91 Å². The van der Waals surface area contributed by atoms with Gasteiger partial charge < -0.3 is 10.1 Å². The largest absolute Gasteiger partial charge is 0.495 e. The van der Waals surface area contributed by atoms with Crippen molar-refractivity contribution in [3.63, 3.8) is 0 Å². The van der Waals surface area contributed by atoms with Crippen LogP contribution in [0.2, 0.25) is 0 Å². The Morgan fingerprint density at radius 1 is 1.13 bits per heavy atom. The summed E-state index contributed by atoms with van der Waals surface area (Å²) in [6.07, 6.45) is 0. The van der Waals surface area contributed by atoms with Gasteiger partial charge in [0.1, 0.15) is 11.6 Å². The van der Waals surface area contributed by atoms with E-state index in [9.17, 15) is 4.79 Å². The van der Waals surface area contributed by atoms with E-state index in [1.54, 1.807) is 31.4 Å². The van der Waals surface area contributed by atoms with Crippen molar-refractivity contribution >= 4 is 11.6 Å². The summed E-state index contributed by atoms with van der Waals surface area (Å²) in [5.41, 5.74) is 2.03. The number of nitrogens with zero attached hydrogens (tertiary/aromatic N) is 2. The predicted molar refractivity (Wildman–Crippen MR) is 87.5 cm³/mol. The van der Waals surface area contributed by atoms with E-state index in [1.807, 2.05) is 31.2 Å². The molecule has 3 aromatic rings. The highest BCUT2D eigenvalue weighted by Crippen LogP contribution is 2.24. The lowest BCUT2D eigenvalue weighted by molar-refractivity contribution is 0.102. The van der Waals surface area contributed by atoms with Crippen LogP contribution in [-0.2, 0) is 0 Å². The molecular weight excluding hydrogens is 292 g/mol. The average Bonchev–Trinajstić information content (AvgIpc) is 3.02. The molecule has 0 saturated carbocycles. The maximum Gasteiger partial charge on any atom is 0.255 e. The first-order chi connectivity index (χ1) is 11.2. The van der Waals surface area contributed by atoms with E-state index in [0.717, 1.165) is 11.4 Å². The molecule has 0 spiro atoms. The Morgan fingerprint density at radius 2 is 1.87 bits per heavy atom. The van der Waals surface area contributed by atoms with Crippen LogP contribution in [0.1, 0.15) is 16.2 Å². The molecule has 0 unspecified atom stereocenters. The van der Waals surface area contributed by atoms with Gasteiger partial charge in [0.2, 0.25) is 0 Å². The number of aryl methyl sites for hydroxylation is 1. The molecule has 1 heterocycles. The number of carbonyl (C=O) groups excluding carboxylic acids is 1. The molecule has 1 aromatic heterocycles. The van der Waals surface area contributed by atoms with Crippen molar-refractivity contribution in [2.75, 3.05) is 12.4 Å². The first kappa shape index (κ1) is 14.8. The number of nitrogens with one attached hydrogen (secondary N) is 2. The maximum atomic E-state index is 12.3. The number of hydrogen-bond acceptors (Lipinski definition) is 4. The van der Waals surface area contributed by atoms with Crippen LogP contribution in [0.3, 0.4) is 0 Å². The smallest absolute Gasteiger partial charge is 0.255 e. The third-order valence-electron chi connectivity index (χ3n) is 3.36. The van der Waals surface area contributed by atoms with Crippen molar-refractivity contribution in [1.29, 1.82) is 0 Å². The van der Waals surface area contributed by atoms with Gasteiger partial charge in [-0.15, -0.1) is 0 Å². The number of aromatic nitrogens is 3. The Hall–Kier alpha value is -3.15. The second-order valence-electron chi connectivity index (χ2n) is 4.98. The predicted octanol–water partition coefficient (Wildman–Crippen LogP) is 3.04. The summed E-state index contributed by atoms with van der Waals surface area (Å²) in [4.78, 5) is 16.6. The molecule has 0 saturated heterocycles. The summed E-state index contributed by atoms with van der Waals surface area (Å²) in [5, 5.41) is 9.73. The number of H-pyrrole nitrogens is 1. The fraction of sp³-hybridized carbons (Fsp3) is 0.118. The molecule has 0 radical (unpaired) electrons. The Bertz CT molecular complexity index is 825. The Balaban J connectivity index is 1.78. The maximum absolute atomic E-state index is 12.3. The fourth-order valence-corrected chi connectivity index (χ4v) is 2.18. The van der Waals surface area contributed by atoms with Crippen molar-refractivity contribution < 1.29 is 9.53 Å². The number of carbonyl (C=O) groups is 1. The van der Waals surface area contributed by atoms with E-state index >= 15 is 0 Å². The lowest BCUT2D eigenvalue weighted by Crippen LogP contribution is -2.12. The van der Waals surface area contributed by atoms with Gasteiger partial charge in [0.05, 0.1) is 12.8 Å².